The lowest BCUT2D eigenvalue weighted by atomic mass is 10.3. The third-order valence-corrected chi connectivity index (χ3v) is 2.11. The van der Waals surface area contributed by atoms with Crippen molar-refractivity contribution in [2.45, 2.75) is 6.54 Å². The minimum atomic E-state index is -0.202. The maximum atomic E-state index is 11.1. The summed E-state index contributed by atoms with van der Waals surface area (Å²) in [5.74, 6) is 0. The molecule has 0 fully saturated rings. The highest BCUT2D eigenvalue weighted by atomic mass is 32.1. The predicted octanol–water partition coefficient (Wildman–Crippen LogP) is 0.657. The van der Waals surface area contributed by atoms with Gasteiger partial charge in [-0.15, -0.1) is 0 Å². The number of aromatic nitrogens is 1. The van der Waals surface area contributed by atoms with Crippen molar-refractivity contribution in [2.75, 3.05) is 20.1 Å². The Morgan fingerprint density at radius 2 is 2.38 bits per heavy atom. The van der Waals surface area contributed by atoms with Gasteiger partial charge in [0.15, 0.2) is 0 Å². The number of hydrogen-bond acceptors (Lipinski definition) is 4. The molecule has 0 atom stereocenters. The van der Waals surface area contributed by atoms with Gasteiger partial charge >= 0.3 is 6.03 Å². The summed E-state index contributed by atoms with van der Waals surface area (Å²) >= 11 is 3.87. The van der Waals surface area contributed by atoms with Gasteiger partial charge in [0.1, 0.15) is 0 Å². The van der Waals surface area contributed by atoms with Crippen LogP contribution in [-0.2, 0) is 6.54 Å². The van der Waals surface area contributed by atoms with Crippen LogP contribution in [-0.4, -0.2) is 35.5 Å². The summed E-state index contributed by atoms with van der Waals surface area (Å²) < 4.78 is 1.21. The maximum absolute atomic E-state index is 11.1. The molecular formula is C10H16N4OS. The van der Waals surface area contributed by atoms with E-state index in [1.165, 1.54) is 4.31 Å². The van der Waals surface area contributed by atoms with E-state index in [4.69, 9.17) is 0 Å². The van der Waals surface area contributed by atoms with E-state index < -0.39 is 0 Å². The van der Waals surface area contributed by atoms with Crippen molar-refractivity contribution in [3.05, 3.63) is 30.1 Å². The first-order valence-electron chi connectivity index (χ1n) is 5.00. The minimum Gasteiger partial charge on any atom is -0.336 e. The SMILES string of the molecule is CN(S)C(=O)NCCNCc1cccnc1. The summed E-state index contributed by atoms with van der Waals surface area (Å²) in [6.45, 7) is 2.03. The van der Waals surface area contributed by atoms with Gasteiger partial charge in [-0.25, -0.2) is 4.79 Å². The largest absolute Gasteiger partial charge is 0.336 e. The van der Waals surface area contributed by atoms with Gasteiger partial charge in [-0.05, 0) is 11.6 Å². The van der Waals surface area contributed by atoms with Gasteiger partial charge in [-0.2, -0.15) is 0 Å². The lowest BCUT2D eigenvalue weighted by Crippen LogP contribution is -2.36. The Hall–Kier alpha value is -1.27. The molecule has 88 valence electrons. The average molecular weight is 240 g/mol. The van der Waals surface area contributed by atoms with Crippen LogP contribution in [0.4, 0.5) is 4.79 Å². The summed E-state index contributed by atoms with van der Waals surface area (Å²) in [6, 6.07) is 3.70. The lowest BCUT2D eigenvalue weighted by Gasteiger charge is -2.10. The molecule has 0 saturated carbocycles. The summed E-state index contributed by atoms with van der Waals surface area (Å²) in [6.07, 6.45) is 3.55. The Morgan fingerprint density at radius 1 is 1.56 bits per heavy atom. The molecule has 6 heteroatoms. The molecule has 0 bridgehead atoms. The number of amides is 2. The summed E-state index contributed by atoms with van der Waals surface area (Å²) in [5.41, 5.74) is 1.13. The van der Waals surface area contributed by atoms with Gasteiger partial charge in [0, 0.05) is 39.1 Å². The molecule has 0 aliphatic carbocycles. The standard InChI is InChI=1S/C10H16N4OS/c1-14(16)10(15)13-6-5-12-8-9-3-2-4-11-7-9/h2-4,7,12,16H,5-6,8H2,1H3,(H,13,15). The molecule has 0 spiro atoms. The van der Waals surface area contributed by atoms with E-state index in [1.54, 1.807) is 13.2 Å². The molecular weight excluding hydrogens is 224 g/mol. The number of urea groups is 1. The molecule has 0 unspecified atom stereocenters. The fraction of sp³-hybridized carbons (Fsp3) is 0.400. The molecule has 0 radical (unpaired) electrons. The van der Waals surface area contributed by atoms with Crippen molar-refractivity contribution < 1.29 is 4.79 Å². The van der Waals surface area contributed by atoms with Crippen LogP contribution >= 0.6 is 12.8 Å². The van der Waals surface area contributed by atoms with Gasteiger partial charge in [0.25, 0.3) is 0 Å². The fourth-order valence-corrected chi connectivity index (χ4v) is 1.18. The molecule has 16 heavy (non-hydrogen) atoms. The number of carbonyl (C=O) groups is 1. The number of hydrogen-bond donors (Lipinski definition) is 3. The van der Waals surface area contributed by atoms with E-state index in [1.807, 2.05) is 18.3 Å². The maximum Gasteiger partial charge on any atom is 0.326 e. The number of pyridine rings is 1. The molecule has 0 aromatic carbocycles. The fourth-order valence-electron chi connectivity index (χ4n) is 1.11. The van der Waals surface area contributed by atoms with Crippen LogP contribution in [0.1, 0.15) is 5.56 Å². The topological polar surface area (TPSA) is 57.3 Å². The summed E-state index contributed by atoms with van der Waals surface area (Å²) in [5, 5.41) is 5.90. The molecule has 0 aliphatic rings. The van der Waals surface area contributed by atoms with Gasteiger partial charge in [0.05, 0.1) is 0 Å². The van der Waals surface area contributed by atoms with Gasteiger partial charge in [-0.3, -0.25) is 9.29 Å². The zero-order valence-electron chi connectivity index (χ0n) is 9.18. The van der Waals surface area contributed by atoms with Crippen molar-refractivity contribution in [2.24, 2.45) is 0 Å². The number of nitrogens with one attached hydrogen (secondary N) is 2. The quantitative estimate of drug-likeness (QED) is 0.523. The molecule has 5 nitrogen and oxygen atoms in total. The van der Waals surface area contributed by atoms with E-state index in [0.29, 0.717) is 13.1 Å². The van der Waals surface area contributed by atoms with E-state index >= 15 is 0 Å². The van der Waals surface area contributed by atoms with Crippen molar-refractivity contribution >= 4 is 18.8 Å². The summed E-state index contributed by atoms with van der Waals surface area (Å²) in [7, 11) is 1.58. The van der Waals surface area contributed by atoms with Crippen LogP contribution in [0, 0.1) is 0 Å². The van der Waals surface area contributed by atoms with E-state index in [2.05, 4.69) is 28.4 Å². The highest BCUT2D eigenvalue weighted by Gasteiger charge is 2.01. The number of rotatable bonds is 5. The molecule has 1 aromatic rings. The van der Waals surface area contributed by atoms with E-state index in [0.717, 1.165) is 12.1 Å². The Balaban J connectivity index is 2.07. The van der Waals surface area contributed by atoms with Gasteiger partial charge < -0.3 is 10.6 Å². The Labute approximate surface area is 101 Å². The first-order valence-corrected chi connectivity index (χ1v) is 5.40. The smallest absolute Gasteiger partial charge is 0.326 e. The second-order valence-corrected chi connectivity index (χ2v) is 3.89. The van der Waals surface area contributed by atoms with Crippen LogP contribution in [0.2, 0.25) is 0 Å². The van der Waals surface area contributed by atoms with Crippen LogP contribution in [0.25, 0.3) is 0 Å². The van der Waals surface area contributed by atoms with Crippen molar-refractivity contribution in [1.82, 2.24) is 19.9 Å². The van der Waals surface area contributed by atoms with Crippen LogP contribution in [0.15, 0.2) is 24.5 Å². The molecule has 1 aromatic heterocycles. The summed E-state index contributed by atoms with van der Waals surface area (Å²) in [4.78, 5) is 15.1. The number of thiol groups is 1. The molecule has 2 amide bonds. The highest BCUT2D eigenvalue weighted by Crippen LogP contribution is 1.93. The second-order valence-electron chi connectivity index (χ2n) is 3.29. The van der Waals surface area contributed by atoms with Crippen molar-refractivity contribution in [3.8, 4) is 0 Å². The first-order chi connectivity index (χ1) is 7.70. The normalized spacial score (nSPS) is 9.88. The monoisotopic (exact) mass is 240 g/mol. The van der Waals surface area contributed by atoms with Crippen LogP contribution in [0.5, 0.6) is 0 Å². The Bertz CT molecular complexity index is 318. The number of nitrogens with zero attached hydrogens (tertiary/aromatic N) is 2. The van der Waals surface area contributed by atoms with E-state index in [9.17, 15) is 4.79 Å². The van der Waals surface area contributed by atoms with Crippen LogP contribution < -0.4 is 10.6 Å². The van der Waals surface area contributed by atoms with Crippen molar-refractivity contribution in [1.29, 1.82) is 0 Å². The zero-order chi connectivity index (χ0) is 11.8. The highest BCUT2D eigenvalue weighted by molar-refractivity contribution is 7.78. The second kappa shape index (κ2) is 7.08. The van der Waals surface area contributed by atoms with Crippen molar-refractivity contribution in [3.63, 3.8) is 0 Å². The third kappa shape index (κ3) is 4.99. The molecule has 0 saturated heterocycles. The number of carbonyl (C=O) groups excluding carboxylic acids is 1. The van der Waals surface area contributed by atoms with E-state index in [-0.39, 0.29) is 6.03 Å². The van der Waals surface area contributed by atoms with Gasteiger partial charge in [0.2, 0.25) is 0 Å². The molecule has 1 heterocycles. The van der Waals surface area contributed by atoms with Gasteiger partial charge in [-0.1, -0.05) is 18.9 Å². The third-order valence-electron chi connectivity index (χ3n) is 1.92. The minimum absolute atomic E-state index is 0.202. The average Bonchev–Trinajstić information content (AvgIpc) is 2.29. The first kappa shape index (κ1) is 12.8. The molecule has 1 rings (SSSR count). The zero-order valence-corrected chi connectivity index (χ0v) is 10.1. The molecule has 0 aliphatic heterocycles. The van der Waals surface area contributed by atoms with Crippen LogP contribution in [0.3, 0.4) is 0 Å². The Morgan fingerprint density at radius 3 is 3.00 bits per heavy atom. The Kier molecular flexibility index (Phi) is 5.66. The predicted molar refractivity (Wildman–Crippen MR) is 66.1 cm³/mol. The molecule has 2 N–H and O–H groups in total. The lowest BCUT2D eigenvalue weighted by molar-refractivity contribution is 0.231.